The molecule has 0 saturated carbocycles. The Bertz CT molecular complexity index is 2000. The van der Waals surface area contributed by atoms with Crippen LogP contribution in [-0.4, -0.2) is 74.8 Å². The Labute approximate surface area is 298 Å². The van der Waals surface area contributed by atoms with Gasteiger partial charge in [-0.05, 0) is 43.7 Å². The van der Waals surface area contributed by atoms with E-state index in [1.54, 1.807) is 51.1 Å². The number of benzene rings is 1. The second kappa shape index (κ2) is 16.2. The van der Waals surface area contributed by atoms with E-state index < -0.39 is 72.9 Å². The number of nitrogens with one attached hydrogen (secondary N) is 2. The van der Waals surface area contributed by atoms with Crippen LogP contribution in [0.15, 0.2) is 57.1 Å². The number of aliphatic hydroxyl groups excluding tert-OH is 1. The first-order valence-electron chi connectivity index (χ1n) is 16.4. The van der Waals surface area contributed by atoms with E-state index in [0.717, 1.165) is 0 Å². The Morgan fingerprint density at radius 2 is 1.69 bits per heavy atom. The lowest BCUT2D eigenvalue weighted by Crippen LogP contribution is -2.35. The molecule has 2 aliphatic rings. The number of anilines is 1. The molecular formula is C33H41N6O10PS. The van der Waals surface area contributed by atoms with Gasteiger partial charge in [0, 0.05) is 40.9 Å². The third-order valence-electron chi connectivity index (χ3n) is 9.21. The number of H-pyrrole nitrogens is 1. The number of aliphatic hydroxyl groups is 1. The number of carbonyl (C=O) groups excluding carboxylic acids is 1. The maximum Gasteiger partial charge on any atom is 0.351 e. The molecule has 0 bridgehead atoms. The van der Waals surface area contributed by atoms with Gasteiger partial charge in [-0.2, -0.15) is 4.98 Å². The molecule has 51 heavy (non-hydrogen) atoms. The van der Waals surface area contributed by atoms with Gasteiger partial charge >= 0.3 is 18.1 Å². The summed E-state index contributed by atoms with van der Waals surface area (Å²) in [5.41, 5.74) is -0.511. The lowest BCUT2D eigenvalue weighted by Gasteiger charge is -2.29. The van der Waals surface area contributed by atoms with Crippen molar-refractivity contribution in [2.75, 3.05) is 31.7 Å². The van der Waals surface area contributed by atoms with Crippen LogP contribution in [0.5, 0.6) is 0 Å². The summed E-state index contributed by atoms with van der Waals surface area (Å²) < 4.78 is 33.4. The van der Waals surface area contributed by atoms with E-state index in [2.05, 4.69) is 20.1 Å². The molecule has 5 rings (SSSR count). The van der Waals surface area contributed by atoms with Crippen molar-refractivity contribution < 1.29 is 32.9 Å². The van der Waals surface area contributed by atoms with Crippen molar-refractivity contribution in [3.63, 3.8) is 0 Å². The summed E-state index contributed by atoms with van der Waals surface area (Å²) in [7, 11) is 0. The minimum absolute atomic E-state index is 0.00863. The monoisotopic (exact) mass is 744 g/mol. The Hall–Kier alpha value is -3.85. The average Bonchev–Trinajstić information content (AvgIpc) is 3.57. The number of ether oxygens (including phenoxy) is 2. The number of aromatic nitrogens is 4. The highest BCUT2D eigenvalue weighted by atomic mass is 32.5. The summed E-state index contributed by atoms with van der Waals surface area (Å²) in [5.74, 6) is -1.18. The first-order valence-corrected chi connectivity index (χ1v) is 18.9. The zero-order valence-corrected chi connectivity index (χ0v) is 30.5. The maximum absolute atomic E-state index is 13.3. The van der Waals surface area contributed by atoms with Crippen LogP contribution >= 0.6 is 6.72 Å². The SMILES string of the molecule is [C-]#[N+]CCOP(=S)(OC[C@H]1O[C@@H](n2cc(C)c(=O)[nH]c2=O)C(C)[C@H]1C)O[C@@H]1C(C)[C@H](n2cc(C)c(NC(=O)c3ccccc3)nc2=O)O[C@@H]1CO. The smallest absolute Gasteiger partial charge is 0.351 e. The predicted octanol–water partition coefficient (Wildman–Crippen LogP) is 2.92. The quantitative estimate of drug-likeness (QED) is 0.132. The van der Waals surface area contributed by atoms with E-state index >= 15 is 0 Å². The molecular weight excluding hydrogens is 703 g/mol. The maximum atomic E-state index is 13.3. The highest BCUT2D eigenvalue weighted by molar-refractivity contribution is 8.07. The molecule has 274 valence electrons. The molecule has 0 radical (unpaired) electrons. The predicted molar refractivity (Wildman–Crippen MR) is 189 cm³/mol. The lowest BCUT2D eigenvalue weighted by atomic mass is 9.93. The molecule has 18 heteroatoms. The standard InChI is InChI=1S/C33H41N6O10PS/c1-18-14-38(32(43)36-27(18)35-29(42)23-10-8-7-9-11-23)31-22(5)26(24(16-40)47-31)49-50(51,45-13-12-34-6)46-17-25-20(3)21(4)30(48-25)39-15-19(2)28(41)37-33(39)44/h7-11,14-15,20-22,24-26,30-31,40H,12-13,16-17H2,1-5H3,(H,37,41,44)(H,35,36,42,43)/t20-,21?,22?,24-,25-,26-,30-,31-,50?/m1/s1. The zero-order chi connectivity index (χ0) is 37.0. The number of aryl methyl sites for hydroxylation is 2. The number of aromatic amines is 1. The van der Waals surface area contributed by atoms with E-state index in [4.69, 9.17) is 41.4 Å². The van der Waals surface area contributed by atoms with Crippen LogP contribution in [0, 0.1) is 38.2 Å². The van der Waals surface area contributed by atoms with E-state index in [-0.39, 0.29) is 37.4 Å². The largest absolute Gasteiger partial charge is 0.394 e. The molecule has 0 aliphatic carbocycles. The van der Waals surface area contributed by atoms with Crippen molar-refractivity contribution in [1.82, 2.24) is 19.1 Å². The number of hydrogen-bond acceptors (Lipinski definition) is 12. The summed E-state index contributed by atoms with van der Waals surface area (Å²) in [6, 6.07) is 8.52. The zero-order valence-electron chi connectivity index (χ0n) is 28.8. The van der Waals surface area contributed by atoms with Gasteiger partial charge in [0.25, 0.3) is 11.5 Å². The van der Waals surface area contributed by atoms with Crippen LogP contribution < -0.4 is 22.3 Å². The third kappa shape index (κ3) is 8.45. The summed E-state index contributed by atoms with van der Waals surface area (Å²) in [5, 5.41) is 13.0. The molecule has 3 unspecified atom stereocenters. The topological polar surface area (TPSA) is 190 Å². The van der Waals surface area contributed by atoms with Gasteiger partial charge in [-0.15, -0.1) is 0 Å². The van der Waals surface area contributed by atoms with Gasteiger partial charge in [-0.3, -0.25) is 23.7 Å². The Kier molecular flexibility index (Phi) is 12.2. The van der Waals surface area contributed by atoms with Gasteiger partial charge in [0.05, 0.1) is 19.3 Å². The van der Waals surface area contributed by atoms with Gasteiger partial charge in [0.1, 0.15) is 37.1 Å². The average molecular weight is 745 g/mol. The first kappa shape index (κ1) is 38.4. The second-order valence-electron chi connectivity index (χ2n) is 12.7. The number of nitrogens with zero attached hydrogens (tertiary/aromatic N) is 4. The van der Waals surface area contributed by atoms with E-state index in [1.807, 2.05) is 13.8 Å². The Morgan fingerprint density at radius 1 is 1.02 bits per heavy atom. The van der Waals surface area contributed by atoms with Crippen molar-refractivity contribution in [3.8, 4) is 0 Å². The highest BCUT2D eigenvalue weighted by Crippen LogP contribution is 2.55. The van der Waals surface area contributed by atoms with Crippen LogP contribution in [0.2, 0.25) is 0 Å². The van der Waals surface area contributed by atoms with Gasteiger partial charge in [-0.25, -0.2) is 16.2 Å². The lowest BCUT2D eigenvalue weighted by molar-refractivity contribution is -0.0515. The molecule has 16 nitrogen and oxygen atoms in total. The summed E-state index contributed by atoms with van der Waals surface area (Å²) in [6.07, 6.45) is -1.04. The summed E-state index contributed by atoms with van der Waals surface area (Å²) in [6.45, 7) is 11.8. The summed E-state index contributed by atoms with van der Waals surface area (Å²) in [4.78, 5) is 60.2. The van der Waals surface area contributed by atoms with Crippen LogP contribution in [-0.2, 0) is 34.9 Å². The molecule has 2 aliphatic heterocycles. The van der Waals surface area contributed by atoms with Crippen LogP contribution in [0.25, 0.3) is 4.85 Å². The van der Waals surface area contributed by atoms with Crippen molar-refractivity contribution >= 4 is 30.3 Å². The summed E-state index contributed by atoms with van der Waals surface area (Å²) >= 11 is 5.82. The molecule has 2 saturated heterocycles. The number of amides is 1. The van der Waals surface area contributed by atoms with E-state index in [9.17, 15) is 24.3 Å². The molecule has 1 aromatic carbocycles. The number of hydrogen-bond donors (Lipinski definition) is 3. The molecule has 2 aromatic heterocycles. The fourth-order valence-electron chi connectivity index (χ4n) is 6.08. The van der Waals surface area contributed by atoms with Gasteiger partial charge in [0.15, 0.2) is 0 Å². The van der Waals surface area contributed by atoms with Gasteiger partial charge < -0.3 is 38.3 Å². The van der Waals surface area contributed by atoms with Gasteiger partial charge in [0.2, 0.25) is 6.54 Å². The minimum Gasteiger partial charge on any atom is -0.394 e. The van der Waals surface area contributed by atoms with E-state index in [0.29, 0.717) is 16.7 Å². The number of carbonyl (C=O) groups is 1. The molecule has 2 fully saturated rings. The minimum atomic E-state index is -3.64. The molecule has 9 atom stereocenters. The first-order chi connectivity index (χ1) is 24.3. The van der Waals surface area contributed by atoms with Crippen LogP contribution in [0.3, 0.4) is 0 Å². The fraction of sp³-hybridized carbons (Fsp3) is 0.515. The Balaban J connectivity index is 1.32. The van der Waals surface area contributed by atoms with Crippen molar-refractivity contribution in [2.45, 2.75) is 65.4 Å². The molecule has 3 aromatic rings. The fourth-order valence-corrected chi connectivity index (χ4v) is 8.24. The third-order valence-corrected chi connectivity index (χ3v) is 11.6. The second-order valence-corrected chi connectivity index (χ2v) is 15.6. The van der Waals surface area contributed by atoms with Gasteiger partial charge in [-0.1, -0.05) is 39.0 Å². The molecule has 3 N–H and O–H groups in total. The number of rotatable bonds is 13. The van der Waals surface area contributed by atoms with E-state index in [1.165, 1.54) is 21.5 Å². The molecule has 1 amide bonds. The van der Waals surface area contributed by atoms with Crippen molar-refractivity contribution in [3.05, 3.63) is 102 Å². The normalized spacial score (nSPS) is 27.2. The van der Waals surface area contributed by atoms with Crippen molar-refractivity contribution in [2.24, 2.45) is 17.8 Å². The molecule has 4 heterocycles. The van der Waals surface area contributed by atoms with Crippen LogP contribution in [0.1, 0.15) is 54.7 Å². The van der Waals surface area contributed by atoms with Crippen LogP contribution in [0.4, 0.5) is 5.82 Å². The highest BCUT2D eigenvalue weighted by Gasteiger charge is 2.48. The molecule has 0 spiro atoms. The Morgan fingerprint density at radius 3 is 2.37 bits per heavy atom. The van der Waals surface area contributed by atoms with Crippen molar-refractivity contribution in [1.29, 1.82) is 0 Å².